The molecule has 0 bridgehead atoms. The van der Waals surface area contributed by atoms with Crippen LogP contribution in [0.3, 0.4) is 0 Å². The third-order valence-electron chi connectivity index (χ3n) is 4.04. The lowest BCUT2D eigenvalue weighted by molar-refractivity contribution is 0.164. The van der Waals surface area contributed by atoms with Gasteiger partial charge in [0, 0.05) is 33.8 Å². The number of rotatable bonds is 3. The zero-order valence-corrected chi connectivity index (χ0v) is 14.8. The molecule has 26 heavy (non-hydrogen) atoms. The largest absolute Gasteiger partial charge is 0.446 e. The van der Waals surface area contributed by atoms with E-state index in [4.69, 9.17) is 9.15 Å². The van der Waals surface area contributed by atoms with Crippen molar-refractivity contribution in [1.29, 1.82) is 0 Å². The van der Waals surface area contributed by atoms with Crippen LogP contribution < -0.4 is 16.3 Å². The summed E-state index contributed by atoms with van der Waals surface area (Å²) in [5, 5.41) is 6.77. The molecule has 3 aromatic rings. The van der Waals surface area contributed by atoms with Crippen LogP contribution in [0.4, 0.5) is 16.2 Å². The topological polar surface area (TPSA) is 80.6 Å². The van der Waals surface area contributed by atoms with Gasteiger partial charge < -0.3 is 14.5 Å². The van der Waals surface area contributed by atoms with Crippen LogP contribution in [0.25, 0.3) is 11.0 Å². The van der Waals surface area contributed by atoms with E-state index in [2.05, 4.69) is 10.6 Å². The molecule has 1 atom stereocenters. The molecule has 0 saturated carbocycles. The zero-order valence-electron chi connectivity index (χ0n) is 13.9. The molecule has 0 saturated heterocycles. The molecule has 4 rings (SSSR count). The first kappa shape index (κ1) is 16.5. The number of benzene rings is 2. The van der Waals surface area contributed by atoms with Gasteiger partial charge in [-0.15, -0.1) is 0 Å². The summed E-state index contributed by atoms with van der Waals surface area (Å²) < 4.78 is 10.5. The van der Waals surface area contributed by atoms with Crippen molar-refractivity contribution >= 4 is 40.2 Å². The minimum Gasteiger partial charge on any atom is -0.446 e. The number of carbonyl (C=O) groups excluding carboxylic acids is 1. The van der Waals surface area contributed by atoms with E-state index >= 15 is 0 Å². The summed E-state index contributed by atoms with van der Waals surface area (Å²) in [6.07, 6.45) is -0.558. The van der Waals surface area contributed by atoms with E-state index in [0.29, 0.717) is 11.3 Å². The third-order valence-corrected chi connectivity index (χ3v) is 5.18. The Balaban J connectivity index is 1.38. The molecule has 6 nitrogen and oxygen atoms in total. The minimum atomic E-state index is -0.558. The molecule has 0 radical (unpaired) electrons. The molecule has 2 heterocycles. The smallest absolute Gasteiger partial charge is 0.411 e. The lowest BCUT2D eigenvalue weighted by Crippen LogP contribution is -2.23. The lowest BCUT2D eigenvalue weighted by Gasteiger charge is -2.12. The predicted octanol–water partition coefficient (Wildman–Crippen LogP) is 4.19. The Morgan fingerprint density at radius 2 is 2.12 bits per heavy atom. The van der Waals surface area contributed by atoms with Crippen molar-refractivity contribution in [2.75, 3.05) is 17.2 Å². The van der Waals surface area contributed by atoms with Crippen LogP contribution in [-0.2, 0) is 4.74 Å². The monoisotopic (exact) mass is 368 g/mol. The molecular formula is C19H16N2O4S. The highest BCUT2D eigenvalue weighted by Gasteiger charge is 2.22. The van der Waals surface area contributed by atoms with E-state index in [1.54, 1.807) is 30.0 Å². The van der Waals surface area contributed by atoms with Crippen LogP contribution in [0.15, 0.2) is 62.6 Å². The van der Waals surface area contributed by atoms with E-state index in [-0.39, 0.29) is 12.0 Å². The molecule has 0 spiro atoms. The molecule has 1 aromatic heterocycles. The predicted molar refractivity (Wildman–Crippen MR) is 102 cm³/mol. The van der Waals surface area contributed by atoms with Crippen molar-refractivity contribution in [1.82, 2.24) is 0 Å². The maximum atomic E-state index is 12.0. The van der Waals surface area contributed by atoms with Gasteiger partial charge >= 0.3 is 11.7 Å². The van der Waals surface area contributed by atoms with Gasteiger partial charge in [-0.25, -0.2) is 9.59 Å². The number of carbonyl (C=O) groups is 1. The summed E-state index contributed by atoms with van der Waals surface area (Å²) in [4.78, 5) is 24.7. The van der Waals surface area contributed by atoms with Gasteiger partial charge in [0.25, 0.3) is 0 Å². The van der Waals surface area contributed by atoms with Crippen LogP contribution in [0.5, 0.6) is 0 Å². The molecule has 1 aliphatic rings. The fourth-order valence-corrected chi connectivity index (χ4v) is 3.87. The number of fused-ring (bicyclic) bond motifs is 2. The number of nitrogens with one attached hydrogen (secondary N) is 2. The molecule has 2 N–H and O–H groups in total. The van der Waals surface area contributed by atoms with Crippen LogP contribution in [0, 0.1) is 6.92 Å². The van der Waals surface area contributed by atoms with Gasteiger partial charge in [-0.1, -0.05) is 23.9 Å². The molecular weight excluding hydrogens is 352 g/mol. The quantitative estimate of drug-likeness (QED) is 0.675. The molecule has 0 fully saturated rings. The lowest BCUT2D eigenvalue weighted by atomic mass is 10.1. The SMILES string of the molecule is Cc1cc(=O)oc2cc(NC(=O)OCC3Nc4ccccc4S3)ccc12. The fraction of sp³-hybridized carbons (Fsp3) is 0.158. The Hall–Kier alpha value is -2.93. The Morgan fingerprint density at radius 3 is 2.96 bits per heavy atom. The summed E-state index contributed by atoms with van der Waals surface area (Å²) >= 11 is 1.62. The first-order valence-electron chi connectivity index (χ1n) is 8.09. The van der Waals surface area contributed by atoms with E-state index in [1.165, 1.54) is 6.07 Å². The van der Waals surface area contributed by atoms with Gasteiger partial charge in [-0.3, -0.25) is 5.32 Å². The summed E-state index contributed by atoms with van der Waals surface area (Å²) in [6, 6.07) is 14.6. The molecule has 7 heteroatoms. The highest BCUT2D eigenvalue weighted by Crippen LogP contribution is 2.37. The summed E-state index contributed by atoms with van der Waals surface area (Å²) in [7, 11) is 0. The first-order valence-corrected chi connectivity index (χ1v) is 8.97. The van der Waals surface area contributed by atoms with E-state index in [1.807, 2.05) is 31.2 Å². The first-order chi connectivity index (χ1) is 12.6. The van der Waals surface area contributed by atoms with E-state index in [9.17, 15) is 9.59 Å². The Bertz CT molecular complexity index is 1020. The number of thioether (sulfide) groups is 1. The second-order valence-electron chi connectivity index (χ2n) is 5.93. The van der Waals surface area contributed by atoms with E-state index in [0.717, 1.165) is 21.5 Å². The highest BCUT2D eigenvalue weighted by molar-refractivity contribution is 8.00. The Kier molecular flexibility index (Phi) is 4.30. The number of ether oxygens (including phenoxy) is 1. The van der Waals surface area contributed by atoms with Crippen molar-refractivity contribution in [2.24, 2.45) is 0 Å². The standard InChI is InChI=1S/C19H16N2O4S/c1-11-8-18(22)25-15-9-12(6-7-13(11)15)20-19(23)24-10-17-21-14-4-2-3-5-16(14)26-17/h2-9,17,21H,10H2,1H3,(H,20,23). The van der Waals surface area contributed by atoms with Crippen molar-refractivity contribution in [3.63, 3.8) is 0 Å². The van der Waals surface area contributed by atoms with Gasteiger partial charge in [0.15, 0.2) is 0 Å². The van der Waals surface area contributed by atoms with Crippen molar-refractivity contribution < 1.29 is 13.9 Å². The summed E-state index contributed by atoms with van der Waals surface area (Å²) in [5.74, 6) is 0. The van der Waals surface area contributed by atoms with Gasteiger partial charge in [0.1, 0.15) is 17.6 Å². The molecule has 0 aliphatic carbocycles. The molecule has 1 unspecified atom stereocenters. The summed E-state index contributed by atoms with van der Waals surface area (Å²) in [6.45, 7) is 2.07. The third kappa shape index (κ3) is 3.39. The number of hydrogen-bond acceptors (Lipinski definition) is 6. The van der Waals surface area contributed by atoms with Crippen LogP contribution in [-0.4, -0.2) is 18.1 Å². The number of para-hydroxylation sites is 1. The van der Waals surface area contributed by atoms with Gasteiger partial charge in [0.2, 0.25) is 0 Å². The Labute approximate surface area is 153 Å². The van der Waals surface area contributed by atoms with Crippen LogP contribution in [0.2, 0.25) is 0 Å². The molecule has 1 amide bonds. The van der Waals surface area contributed by atoms with Gasteiger partial charge in [-0.2, -0.15) is 0 Å². The fourth-order valence-electron chi connectivity index (χ4n) is 2.83. The van der Waals surface area contributed by atoms with Crippen molar-refractivity contribution in [3.8, 4) is 0 Å². The number of aryl methyl sites for hydroxylation is 1. The average molecular weight is 368 g/mol. The second kappa shape index (κ2) is 6.76. The second-order valence-corrected chi connectivity index (χ2v) is 7.17. The number of anilines is 2. The Morgan fingerprint density at radius 1 is 1.27 bits per heavy atom. The maximum Gasteiger partial charge on any atom is 0.411 e. The normalized spacial score (nSPS) is 15.3. The molecule has 1 aliphatic heterocycles. The molecule has 2 aromatic carbocycles. The maximum absolute atomic E-state index is 12.0. The highest BCUT2D eigenvalue weighted by atomic mass is 32.2. The summed E-state index contributed by atoms with van der Waals surface area (Å²) in [5.41, 5.74) is 2.39. The zero-order chi connectivity index (χ0) is 18.1. The number of amides is 1. The van der Waals surface area contributed by atoms with Crippen molar-refractivity contribution in [2.45, 2.75) is 17.2 Å². The van der Waals surface area contributed by atoms with Crippen molar-refractivity contribution in [3.05, 3.63) is 64.5 Å². The van der Waals surface area contributed by atoms with Gasteiger partial charge in [0.05, 0.1) is 0 Å². The van der Waals surface area contributed by atoms with E-state index < -0.39 is 11.7 Å². The number of hydrogen-bond donors (Lipinski definition) is 2. The van der Waals surface area contributed by atoms with Gasteiger partial charge in [-0.05, 0) is 36.8 Å². The average Bonchev–Trinajstić information content (AvgIpc) is 3.02. The van der Waals surface area contributed by atoms with Crippen LogP contribution >= 0.6 is 11.8 Å². The minimum absolute atomic E-state index is 0.0181. The van der Waals surface area contributed by atoms with Crippen LogP contribution in [0.1, 0.15) is 5.56 Å². The molecule has 132 valence electrons.